The fourth-order valence-corrected chi connectivity index (χ4v) is 4.20. The topological polar surface area (TPSA) is 65.2 Å². The highest BCUT2D eigenvalue weighted by Gasteiger charge is 2.25. The molecule has 27 heavy (non-hydrogen) atoms. The second kappa shape index (κ2) is 6.90. The molecule has 5 nitrogen and oxygen atoms in total. The average Bonchev–Trinajstić information content (AvgIpc) is 3.36. The number of aromatic nitrogens is 2. The lowest BCUT2D eigenvalue weighted by atomic mass is 9.91. The van der Waals surface area contributed by atoms with Crippen molar-refractivity contribution in [1.82, 2.24) is 10.1 Å². The zero-order valence-electron chi connectivity index (χ0n) is 15.2. The molecule has 0 bridgehead atoms. The highest BCUT2D eigenvalue weighted by Crippen LogP contribution is 2.44. The third-order valence-electron chi connectivity index (χ3n) is 4.10. The molecule has 0 unspecified atom stereocenters. The molecule has 0 aliphatic rings. The number of thiophene rings is 2. The molecular weight excluding hydrogens is 380 g/mol. The number of rotatable bonds is 5. The lowest BCUT2D eigenvalue weighted by Gasteiger charge is -2.16. The third kappa shape index (κ3) is 3.52. The largest absolute Gasteiger partial charge is 0.483 e. The first-order chi connectivity index (χ1) is 12.9. The van der Waals surface area contributed by atoms with Gasteiger partial charge in [0.05, 0.1) is 4.88 Å². The van der Waals surface area contributed by atoms with Crippen LogP contribution in [0.2, 0.25) is 0 Å². The van der Waals surface area contributed by atoms with Crippen LogP contribution in [0.5, 0.6) is 5.75 Å². The molecule has 0 saturated heterocycles. The number of fused-ring (bicyclic) bond motifs is 1. The van der Waals surface area contributed by atoms with Crippen molar-refractivity contribution >= 4 is 38.5 Å². The van der Waals surface area contributed by atoms with Crippen molar-refractivity contribution in [2.75, 3.05) is 6.61 Å². The van der Waals surface area contributed by atoms with E-state index in [-0.39, 0.29) is 12.4 Å². The Morgan fingerprint density at radius 1 is 1.19 bits per heavy atom. The van der Waals surface area contributed by atoms with Crippen molar-refractivity contribution in [3.8, 4) is 27.2 Å². The van der Waals surface area contributed by atoms with Gasteiger partial charge in [0.1, 0.15) is 11.5 Å². The van der Waals surface area contributed by atoms with Crippen LogP contribution in [0, 0.1) is 5.41 Å². The quantitative estimate of drug-likeness (QED) is 0.433. The first-order valence-electron chi connectivity index (χ1n) is 8.49. The number of benzene rings is 1. The second-order valence-electron chi connectivity index (χ2n) is 7.12. The molecule has 4 aromatic rings. The molecular formula is C20H18N2O3S2. The van der Waals surface area contributed by atoms with E-state index < -0.39 is 5.41 Å². The summed E-state index contributed by atoms with van der Waals surface area (Å²) in [4.78, 5) is 18.5. The molecule has 0 N–H and O–H groups in total. The first kappa shape index (κ1) is 17.9. The summed E-state index contributed by atoms with van der Waals surface area (Å²) in [5.74, 6) is 1.61. The highest BCUT2D eigenvalue weighted by molar-refractivity contribution is 7.22. The molecule has 0 aliphatic carbocycles. The van der Waals surface area contributed by atoms with Gasteiger partial charge in [-0.2, -0.15) is 4.98 Å². The number of ether oxygens (including phenoxy) is 1. The number of hydrogen-bond acceptors (Lipinski definition) is 7. The van der Waals surface area contributed by atoms with Crippen molar-refractivity contribution in [3.63, 3.8) is 0 Å². The van der Waals surface area contributed by atoms with Crippen LogP contribution >= 0.6 is 22.7 Å². The SMILES string of the molecule is CC(C)(C)C(=O)COc1c(-c2nc(-c3cccs3)no2)sc2ccccc12. The van der Waals surface area contributed by atoms with Crippen LogP contribution in [-0.4, -0.2) is 22.5 Å². The van der Waals surface area contributed by atoms with E-state index in [1.54, 1.807) is 11.3 Å². The van der Waals surface area contributed by atoms with Crippen molar-refractivity contribution in [2.45, 2.75) is 20.8 Å². The van der Waals surface area contributed by atoms with Gasteiger partial charge in [-0.1, -0.05) is 44.1 Å². The molecule has 3 heterocycles. The predicted octanol–water partition coefficient (Wildman–Crippen LogP) is 5.67. The van der Waals surface area contributed by atoms with E-state index in [0.717, 1.165) is 19.8 Å². The molecule has 0 spiro atoms. The Morgan fingerprint density at radius 3 is 2.74 bits per heavy atom. The lowest BCUT2D eigenvalue weighted by molar-refractivity contribution is -0.128. The Balaban J connectivity index is 1.73. The van der Waals surface area contributed by atoms with Crippen LogP contribution in [-0.2, 0) is 4.79 Å². The minimum absolute atomic E-state index is 0.00312. The van der Waals surface area contributed by atoms with Crippen molar-refractivity contribution in [2.24, 2.45) is 5.41 Å². The smallest absolute Gasteiger partial charge is 0.272 e. The molecule has 7 heteroatoms. The number of hydrogen-bond donors (Lipinski definition) is 0. The Kier molecular flexibility index (Phi) is 4.57. The van der Waals surface area contributed by atoms with E-state index in [1.807, 2.05) is 62.5 Å². The zero-order chi connectivity index (χ0) is 19.0. The van der Waals surface area contributed by atoms with Gasteiger partial charge in [-0.15, -0.1) is 22.7 Å². The molecule has 0 amide bonds. The summed E-state index contributed by atoms with van der Waals surface area (Å²) >= 11 is 3.07. The first-order valence-corrected chi connectivity index (χ1v) is 10.2. The van der Waals surface area contributed by atoms with E-state index in [9.17, 15) is 4.79 Å². The van der Waals surface area contributed by atoms with Gasteiger partial charge in [-0.25, -0.2) is 0 Å². The van der Waals surface area contributed by atoms with E-state index in [4.69, 9.17) is 9.26 Å². The fraction of sp³-hybridized carbons (Fsp3) is 0.250. The Bertz CT molecular complexity index is 1090. The number of carbonyl (C=O) groups is 1. The monoisotopic (exact) mass is 398 g/mol. The lowest BCUT2D eigenvalue weighted by Crippen LogP contribution is -2.26. The van der Waals surface area contributed by atoms with Crippen LogP contribution in [0.4, 0.5) is 0 Å². The molecule has 0 atom stereocenters. The van der Waals surface area contributed by atoms with Gasteiger partial charge in [0, 0.05) is 15.5 Å². The molecule has 0 aliphatic heterocycles. The second-order valence-corrected chi connectivity index (χ2v) is 9.12. The van der Waals surface area contributed by atoms with Gasteiger partial charge in [-0.3, -0.25) is 4.79 Å². The minimum Gasteiger partial charge on any atom is -0.483 e. The molecule has 1 aromatic carbocycles. The summed E-state index contributed by atoms with van der Waals surface area (Å²) in [5, 5.41) is 7.00. The van der Waals surface area contributed by atoms with Crippen LogP contribution in [0.3, 0.4) is 0 Å². The molecule has 0 fully saturated rings. The third-order valence-corrected chi connectivity index (χ3v) is 6.10. The predicted molar refractivity (Wildman–Crippen MR) is 108 cm³/mol. The molecule has 138 valence electrons. The van der Waals surface area contributed by atoms with Crippen LogP contribution in [0.15, 0.2) is 46.3 Å². The fourth-order valence-electron chi connectivity index (χ4n) is 2.48. The van der Waals surface area contributed by atoms with E-state index >= 15 is 0 Å². The zero-order valence-corrected chi connectivity index (χ0v) is 16.8. The van der Waals surface area contributed by atoms with E-state index in [2.05, 4.69) is 10.1 Å². The van der Waals surface area contributed by atoms with Gasteiger partial charge in [-0.05, 0) is 23.6 Å². The summed E-state index contributed by atoms with van der Waals surface area (Å²) < 4.78 is 12.5. The normalized spacial score (nSPS) is 11.8. The highest BCUT2D eigenvalue weighted by atomic mass is 32.1. The van der Waals surface area contributed by atoms with Crippen molar-refractivity contribution in [1.29, 1.82) is 0 Å². The van der Waals surface area contributed by atoms with Gasteiger partial charge in [0.15, 0.2) is 11.5 Å². The van der Waals surface area contributed by atoms with Gasteiger partial charge >= 0.3 is 0 Å². The Morgan fingerprint density at radius 2 is 2.00 bits per heavy atom. The van der Waals surface area contributed by atoms with E-state index in [0.29, 0.717) is 17.5 Å². The van der Waals surface area contributed by atoms with Gasteiger partial charge in [0.25, 0.3) is 5.89 Å². The number of Topliss-reactive ketones (excluding diaryl/α,β-unsaturated/α-hetero) is 1. The van der Waals surface area contributed by atoms with Gasteiger partial charge in [0.2, 0.25) is 5.82 Å². The van der Waals surface area contributed by atoms with Gasteiger partial charge < -0.3 is 9.26 Å². The maximum Gasteiger partial charge on any atom is 0.272 e. The summed E-state index contributed by atoms with van der Waals surface area (Å²) in [6, 6.07) is 11.8. The van der Waals surface area contributed by atoms with Crippen molar-refractivity contribution < 1.29 is 14.1 Å². The molecule has 0 saturated carbocycles. The Labute approximate surface area is 164 Å². The number of ketones is 1. The van der Waals surface area contributed by atoms with E-state index in [1.165, 1.54) is 11.3 Å². The summed E-state index contributed by atoms with van der Waals surface area (Å²) in [5.41, 5.74) is -0.456. The van der Waals surface area contributed by atoms with Crippen LogP contribution in [0.25, 0.3) is 31.6 Å². The maximum absolute atomic E-state index is 12.3. The minimum atomic E-state index is -0.456. The average molecular weight is 399 g/mol. The maximum atomic E-state index is 12.3. The molecule has 0 radical (unpaired) electrons. The summed E-state index contributed by atoms with van der Waals surface area (Å²) in [6.45, 7) is 5.66. The van der Waals surface area contributed by atoms with Crippen molar-refractivity contribution in [3.05, 3.63) is 41.8 Å². The standard InChI is InChI=1S/C20H18N2O3S2/c1-20(2,3)15(23)11-24-16-12-7-4-5-8-13(12)27-17(16)19-21-18(22-25-19)14-9-6-10-26-14/h4-10H,11H2,1-3H3. The molecule has 3 aromatic heterocycles. The number of nitrogens with zero attached hydrogens (tertiary/aromatic N) is 2. The summed E-state index contributed by atoms with van der Waals surface area (Å²) in [6.07, 6.45) is 0. The van der Waals surface area contributed by atoms with Crippen LogP contribution in [0.1, 0.15) is 20.8 Å². The summed E-state index contributed by atoms with van der Waals surface area (Å²) in [7, 11) is 0. The van der Waals surface area contributed by atoms with Crippen LogP contribution < -0.4 is 4.74 Å². The Hall–Kier alpha value is -2.51. The molecule has 4 rings (SSSR count). The number of carbonyl (C=O) groups excluding carboxylic acids is 1.